The number of hydrogen-bond acceptors (Lipinski definition) is 8. The number of rotatable bonds is 44. The van der Waals surface area contributed by atoms with Gasteiger partial charge in [0.25, 0.3) is 0 Å². The Hall–Kier alpha value is -1.33. The van der Waals surface area contributed by atoms with Crippen LogP contribution in [0, 0.1) is 0 Å². The van der Waals surface area contributed by atoms with E-state index in [2.05, 4.69) is 31.3 Å². The van der Waals surface area contributed by atoms with Crippen molar-refractivity contribution in [3.05, 3.63) is 24.3 Å². The van der Waals surface area contributed by atoms with E-state index in [0.29, 0.717) is 6.42 Å². The predicted molar refractivity (Wildman–Crippen MR) is 253 cm³/mol. The van der Waals surface area contributed by atoms with Crippen molar-refractivity contribution in [2.75, 3.05) is 13.2 Å². The van der Waals surface area contributed by atoms with Gasteiger partial charge in [0, 0.05) is 6.42 Å². The van der Waals surface area contributed by atoms with Gasteiger partial charge in [-0.15, -0.1) is 0 Å². The van der Waals surface area contributed by atoms with Crippen LogP contribution in [-0.2, 0) is 14.3 Å². The summed E-state index contributed by atoms with van der Waals surface area (Å²) in [6.45, 7) is 3.76. The number of hydrogen-bond donors (Lipinski definition) is 6. The maximum absolute atomic E-state index is 12.9. The van der Waals surface area contributed by atoms with E-state index in [4.69, 9.17) is 9.47 Å². The number of amides is 1. The van der Waals surface area contributed by atoms with Crippen LogP contribution in [-0.4, -0.2) is 87.5 Å². The van der Waals surface area contributed by atoms with E-state index in [1.165, 1.54) is 167 Å². The van der Waals surface area contributed by atoms with E-state index >= 15 is 0 Å². The number of aliphatic hydroxyl groups excluding tert-OH is 5. The Balaban J connectivity index is 2.22. The molecule has 9 heteroatoms. The first-order chi connectivity index (χ1) is 29.8. The van der Waals surface area contributed by atoms with Crippen molar-refractivity contribution >= 4 is 5.91 Å². The third-order valence-electron chi connectivity index (χ3n) is 12.5. The number of unbranched alkanes of at least 4 members (excludes halogenated alkanes) is 32. The molecular formula is C52H99NO8. The van der Waals surface area contributed by atoms with Gasteiger partial charge in [-0.25, -0.2) is 0 Å². The Labute approximate surface area is 375 Å². The molecule has 9 nitrogen and oxygen atoms in total. The van der Waals surface area contributed by atoms with E-state index in [-0.39, 0.29) is 12.5 Å². The molecule has 1 aliphatic rings. The SMILES string of the molecule is CCCCC/C=C\CCCCCCCC(=O)NC(COC1OC(CO)C(O)C(O)C1O)C(O)/C=C/CCCCCCCCCCCCCCCCCCCCCCCCCC. The molecule has 1 heterocycles. The highest BCUT2D eigenvalue weighted by atomic mass is 16.7. The lowest BCUT2D eigenvalue weighted by atomic mass is 9.99. The average molecular weight is 866 g/mol. The summed E-state index contributed by atoms with van der Waals surface area (Å²) in [5.41, 5.74) is 0. The van der Waals surface area contributed by atoms with Crippen LogP contribution < -0.4 is 5.32 Å². The van der Waals surface area contributed by atoms with Crippen molar-refractivity contribution in [1.29, 1.82) is 0 Å². The molecule has 61 heavy (non-hydrogen) atoms. The standard InChI is InChI=1S/C52H99NO8/c1-3-5-7-9-11-13-15-17-18-19-20-21-22-23-24-25-26-27-28-29-30-31-33-35-37-39-41-46(55)45(44-60-52-51(59)50(58)49(57)47(43-54)61-52)53-48(56)42-40-38-36-34-32-16-14-12-10-8-6-4-2/h12,14,39,41,45-47,49-52,54-55,57-59H,3-11,13,15-38,40,42-44H2,1-2H3,(H,53,56)/b14-12-,41-39+. The molecule has 1 amide bonds. The largest absolute Gasteiger partial charge is 0.394 e. The highest BCUT2D eigenvalue weighted by Crippen LogP contribution is 2.23. The first-order valence-corrected chi connectivity index (χ1v) is 26.1. The van der Waals surface area contributed by atoms with Gasteiger partial charge in [0.1, 0.15) is 24.4 Å². The van der Waals surface area contributed by atoms with Gasteiger partial charge >= 0.3 is 0 Å². The van der Waals surface area contributed by atoms with Gasteiger partial charge in [-0.2, -0.15) is 0 Å². The maximum atomic E-state index is 12.9. The van der Waals surface area contributed by atoms with Gasteiger partial charge in [-0.3, -0.25) is 4.79 Å². The maximum Gasteiger partial charge on any atom is 0.220 e. The zero-order valence-electron chi connectivity index (χ0n) is 39.7. The van der Waals surface area contributed by atoms with Crippen LogP contribution in [0.25, 0.3) is 0 Å². The van der Waals surface area contributed by atoms with Crippen LogP contribution in [0.2, 0.25) is 0 Å². The normalized spacial score (nSPS) is 20.5. The highest BCUT2D eigenvalue weighted by Gasteiger charge is 2.44. The van der Waals surface area contributed by atoms with Crippen molar-refractivity contribution in [3.63, 3.8) is 0 Å². The van der Waals surface area contributed by atoms with E-state index in [9.17, 15) is 30.3 Å². The van der Waals surface area contributed by atoms with Crippen LogP contribution in [0.5, 0.6) is 0 Å². The molecule has 0 aromatic carbocycles. The monoisotopic (exact) mass is 866 g/mol. The molecule has 0 radical (unpaired) electrons. The van der Waals surface area contributed by atoms with Gasteiger partial charge in [-0.05, 0) is 44.9 Å². The summed E-state index contributed by atoms with van der Waals surface area (Å²) in [5.74, 6) is -0.185. The van der Waals surface area contributed by atoms with Crippen LogP contribution in [0.1, 0.15) is 245 Å². The Bertz CT molecular complexity index is 1010. The number of allylic oxidation sites excluding steroid dienone is 3. The van der Waals surface area contributed by atoms with Crippen LogP contribution >= 0.6 is 0 Å². The van der Waals surface area contributed by atoms with Gasteiger partial charge in [0.2, 0.25) is 5.91 Å². The van der Waals surface area contributed by atoms with E-state index in [1.54, 1.807) is 6.08 Å². The third kappa shape index (κ3) is 32.9. The summed E-state index contributed by atoms with van der Waals surface area (Å²) in [6.07, 6.45) is 45.3. The van der Waals surface area contributed by atoms with E-state index < -0.39 is 49.5 Å². The molecule has 0 spiro atoms. The van der Waals surface area contributed by atoms with Crippen molar-refractivity contribution < 1.29 is 39.8 Å². The molecule has 0 aromatic heterocycles. The fraction of sp³-hybridized carbons (Fsp3) is 0.904. The molecule has 1 saturated heterocycles. The molecule has 1 rings (SSSR count). The first-order valence-electron chi connectivity index (χ1n) is 26.1. The van der Waals surface area contributed by atoms with Crippen LogP contribution in [0.4, 0.5) is 0 Å². The summed E-state index contributed by atoms with van der Waals surface area (Å²) in [7, 11) is 0. The predicted octanol–water partition coefficient (Wildman–Crippen LogP) is 11.8. The topological polar surface area (TPSA) is 149 Å². The summed E-state index contributed by atoms with van der Waals surface area (Å²) in [5, 5.41) is 54.3. The molecule has 360 valence electrons. The Morgan fingerprint density at radius 3 is 1.36 bits per heavy atom. The second kappa shape index (κ2) is 42.6. The Morgan fingerprint density at radius 1 is 0.541 bits per heavy atom. The van der Waals surface area contributed by atoms with Crippen molar-refractivity contribution in [1.82, 2.24) is 5.32 Å². The minimum atomic E-state index is -1.57. The average Bonchev–Trinajstić information content (AvgIpc) is 3.26. The number of aliphatic hydroxyl groups is 5. The zero-order valence-corrected chi connectivity index (χ0v) is 39.7. The number of ether oxygens (including phenoxy) is 2. The fourth-order valence-corrected chi connectivity index (χ4v) is 8.33. The molecule has 6 N–H and O–H groups in total. The van der Waals surface area contributed by atoms with Crippen molar-refractivity contribution in [2.24, 2.45) is 0 Å². The van der Waals surface area contributed by atoms with Crippen molar-refractivity contribution in [2.45, 2.75) is 288 Å². The minimum absolute atomic E-state index is 0.185. The van der Waals surface area contributed by atoms with E-state index in [1.807, 2.05) is 6.08 Å². The first kappa shape index (κ1) is 57.7. The lowest BCUT2D eigenvalue weighted by Crippen LogP contribution is -2.60. The molecule has 0 aromatic rings. The molecule has 0 bridgehead atoms. The highest BCUT2D eigenvalue weighted by molar-refractivity contribution is 5.76. The molecule has 0 saturated carbocycles. The number of nitrogens with one attached hydrogen (secondary N) is 1. The summed E-state index contributed by atoms with van der Waals surface area (Å²) in [6, 6.07) is -0.806. The molecule has 1 aliphatic heterocycles. The van der Waals surface area contributed by atoms with E-state index in [0.717, 1.165) is 57.8 Å². The van der Waals surface area contributed by atoms with Gasteiger partial charge < -0.3 is 40.3 Å². The lowest BCUT2D eigenvalue weighted by Gasteiger charge is -2.40. The molecule has 7 unspecified atom stereocenters. The Kier molecular flexibility index (Phi) is 40.3. The molecule has 1 fully saturated rings. The zero-order chi connectivity index (χ0) is 44.4. The fourth-order valence-electron chi connectivity index (χ4n) is 8.33. The summed E-state index contributed by atoms with van der Waals surface area (Å²) >= 11 is 0. The second-order valence-corrected chi connectivity index (χ2v) is 18.3. The van der Waals surface area contributed by atoms with Crippen molar-refractivity contribution in [3.8, 4) is 0 Å². The lowest BCUT2D eigenvalue weighted by molar-refractivity contribution is -0.302. The number of carbonyl (C=O) groups is 1. The smallest absolute Gasteiger partial charge is 0.220 e. The van der Waals surface area contributed by atoms with Crippen LogP contribution in [0.15, 0.2) is 24.3 Å². The van der Waals surface area contributed by atoms with Gasteiger partial charge in [0.05, 0.1) is 25.4 Å². The summed E-state index contributed by atoms with van der Waals surface area (Å²) < 4.78 is 11.2. The quantitative estimate of drug-likeness (QED) is 0.0262. The Morgan fingerprint density at radius 2 is 0.918 bits per heavy atom. The summed E-state index contributed by atoms with van der Waals surface area (Å²) in [4.78, 5) is 12.9. The number of carbonyl (C=O) groups excluding carboxylic acids is 1. The molecule has 7 atom stereocenters. The second-order valence-electron chi connectivity index (χ2n) is 18.3. The molecular weight excluding hydrogens is 767 g/mol. The van der Waals surface area contributed by atoms with Gasteiger partial charge in [0.15, 0.2) is 6.29 Å². The minimum Gasteiger partial charge on any atom is -0.394 e. The van der Waals surface area contributed by atoms with Crippen LogP contribution in [0.3, 0.4) is 0 Å². The van der Waals surface area contributed by atoms with Gasteiger partial charge in [-0.1, -0.05) is 218 Å². The molecule has 0 aliphatic carbocycles. The third-order valence-corrected chi connectivity index (χ3v) is 12.5.